The van der Waals surface area contributed by atoms with Gasteiger partial charge in [0.05, 0.1) is 32.4 Å². The Bertz CT molecular complexity index is 1440. The Balaban J connectivity index is 1.49. The minimum Gasteiger partial charge on any atom is -0.411 e. The first-order valence-electron chi connectivity index (χ1n) is 17.4. The fraction of sp³-hybridized carbons (Fsp3) is 0.541. The van der Waals surface area contributed by atoms with Crippen LogP contribution in [0.5, 0.6) is 0 Å². The fourth-order valence-electron chi connectivity index (χ4n) is 6.02. The number of oxime groups is 1. The number of ether oxygens (including phenoxy) is 2. The highest BCUT2D eigenvalue weighted by molar-refractivity contribution is 6.01. The van der Waals surface area contributed by atoms with Crippen LogP contribution in [0.4, 0.5) is 0 Å². The van der Waals surface area contributed by atoms with Crippen LogP contribution < -0.4 is 21.3 Å². The average molecular weight is 693 g/mol. The lowest BCUT2D eigenvalue weighted by Gasteiger charge is -2.28. The molecule has 0 spiro atoms. The highest BCUT2D eigenvalue weighted by Gasteiger charge is 2.48. The maximum atomic E-state index is 14.0. The van der Waals surface area contributed by atoms with Crippen molar-refractivity contribution in [1.29, 1.82) is 0 Å². The molecule has 13 nitrogen and oxygen atoms in total. The Hall–Kier alpha value is -4.33. The molecule has 2 aromatic rings. The standard InChI is InChI=1S/C37H52N6O7/c1-25(2)21-30(40-34(45)29(16-15-27-11-7-5-8-12-27)39-32(44)23-43-17-19-49-20-18-43)36(47)41-31(22-28-13-9-6-10-14-28)35(46)38-26(3)33(42-48)37(4)24-50-37/h5-14,25-26,29-31,48H,15-24H2,1-4H3,(H,38,46)(H,39,44)(H,40,45)(H,41,47)/b42-33-/t26-,29-,30-,31-,37+/m0/s1. The van der Waals surface area contributed by atoms with Gasteiger partial charge >= 0.3 is 0 Å². The lowest BCUT2D eigenvalue weighted by molar-refractivity contribution is -0.134. The van der Waals surface area contributed by atoms with Gasteiger partial charge < -0.3 is 35.9 Å². The quantitative estimate of drug-likeness (QED) is 0.0681. The number of benzene rings is 2. The van der Waals surface area contributed by atoms with Crippen molar-refractivity contribution in [2.75, 3.05) is 39.5 Å². The van der Waals surface area contributed by atoms with Crippen molar-refractivity contribution in [2.24, 2.45) is 11.1 Å². The molecule has 2 aromatic carbocycles. The number of amides is 4. The van der Waals surface area contributed by atoms with Crippen LogP contribution in [-0.4, -0.2) is 109 Å². The molecule has 2 aliphatic rings. The van der Waals surface area contributed by atoms with Gasteiger partial charge in [-0.15, -0.1) is 0 Å². The van der Waals surface area contributed by atoms with E-state index in [4.69, 9.17) is 9.47 Å². The first kappa shape index (κ1) is 38.5. The second-order valence-electron chi connectivity index (χ2n) is 13.7. The largest absolute Gasteiger partial charge is 0.411 e. The van der Waals surface area contributed by atoms with Gasteiger partial charge in [0.1, 0.15) is 29.4 Å². The SMILES string of the molecule is CC(C)C[C@H](NC(=O)[C@H](CCc1ccccc1)NC(=O)CN1CCOCC1)C(=O)N[C@@H](Cc1ccccc1)C(=O)N[C@@H](C)/C(=N/O)[C@@]1(C)CO1. The van der Waals surface area contributed by atoms with Crippen molar-refractivity contribution >= 4 is 29.3 Å². The molecule has 5 atom stereocenters. The van der Waals surface area contributed by atoms with E-state index in [2.05, 4.69) is 26.4 Å². The smallest absolute Gasteiger partial charge is 0.243 e. The number of hydrogen-bond acceptors (Lipinski definition) is 9. The Labute approximate surface area is 294 Å². The zero-order valence-corrected chi connectivity index (χ0v) is 29.5. The third kappa shape index (κ3) is 11.9. The molecule has 2 heterocycles. The van der Waals surface area contributed by atoms with Crippen molar-refractivity contribution in [3.8, 4) is 0 Å². The van der Waals surface area contributed by atoms with Crippen LogP contribution in [-0.2, 0) is 41.5 Å². The van der Waals surface area contributed by atoms with Gasteiger partial charge in [-0.2, -0.15) is 0 Å². The highest BCUT2D eigenvalue weighted by atomic mass is 16.6. The Morgan fingerprint density at radius 1 is 0.820 bits per heavy atom. The summed E-state index contributed by atoms with van der Waals surface area (Å²) in [4.78, 5) is 56.6. The monoisotopic (exact) mass is 692 g/mol. The van der Waals surface area contributed by atoms with Crippen LogP contribution in [0.15, 0.2) is 65.8 Å². The minimum absolute atomic E-state index is 0.0220. The number of nitrogens with zero attached hydrogens (tertiary/aromatic N) is 2. The molecule has 0 radical (unpaired) electrons. The maximum Gasteiger partial charge on any atom is 0.243 e. The Morgan fingerprint density at radius 2 is 1.38 bits per heavy atom. The molecule has 272 valence electrons. The van der Waals surface area contributed by atoms with Crippen molar-refractivity contribution in [2.45, 2.75) is 83.1 Å². The number of aryl methyl sites for hydroxylation is 1. The summed E-state index contributed by atoms with van der Waals surface area (Å²) >= 11 is 0. The number of carbonyl (C=O) groups is 4. The molecule has 0 bridgehead atoms. The van der Waals surface area contributed by atoms with E-state index in [1.165, 1.54) is 0 Å². The molecule has 13 heteroatoms. The van der Waals surface area contributed by atoms with Crippen LogP contribution in [0, 0.1) is 5.92 Å². The second kappa shape index (κ2) is 18.6. The van der Waals surface area contributed by atoms with Gasteiger partial charge in [0.2, 0.25) is 23.6 Å². The normalized spacial score (nSPS) is 20.2. The van der Waals surface area contributed by atoms with Crippen molar-refractivity contribution in [3.05, 3.63) is 71.8 Å². The second-order valence-corrected chi connectivity index (χ2v) is 13.7. The molecule has 5 N–H and O–H groups in total. The molecule has 2 aliphatic heterocycles. The molecule has 0 saturated carbocycles. The van der Waals surface area contributed by atoms with Crippen molar-refractivity contribution < 1.29 is 33.9 Å². The summed E-state index contributed by atoms with van der Waals surface area (Å²) in [6.07, 6.45) is 1.36. The van der Waals surface area contributed by atoms with E-state index in [1.807, 2.05) is 79.4 Å². The van der Waals surface area contributed by atoms with Crippen LogP contribution >= 0.6 is 0 Å². The minimum atomic E-state index is -1.01. The van der Waals surface area contributed by atoms with E-state index >= 15 is 0 Å². The summed E-state index contributed by atoms with van der Waals surface area (Å²) < 4.78 is 10.8. The molecule has 0 aromatic heterocycles. The van der Waals surface area contributed by atoms with Gasteiger partial charge in [0.15, 0.2) is 0 Å². The summed E-state index contributed by atoms with van der Waals surface area (Å²) in [6, 6.07) is 15.4. The van der Waals surface area contributed by atoms with Crippen LogP contribution in [0.25, 0.3) is 0 Å². The van der Waals surface area contributed by atoms with Crippen molar-refractivity contribution in [1.82, 2.24) is 26.2 Å². The summed E-state index contributed by atoms with van der Waals surface area (Å²) in [5.74, 6) is -1.74. The van der Waals surface area contributed by atoms with Crippen LogP contribution in [0.1, 0.15) is 51.7 Å². The third-order valence-corrected chi connectivity index (χ3v) is 8.94. The molecule has 2 fully saturated rings. The van der Waals surface area contributed by atoms with Crippen LogP contribution in [0.2, 0.25) is 0 Å². The van der Waals surface area contributed by atoms with Crippen LogP contribution in [0.3, 0.4) is 0 Å². The maximum absolute atomic E-state index is 14.0. The molecule has 0 aliphatic carbocycles. The summed E-state index contributed by atoms with van der Waals surface area (Å²) in [5.41, 5.74) is 1.35. The van der Waals surface area contributed by atoms with Gasteiger partial charge in [-0.3, -0.25) is 24.1 Å². The first-order valence-corrected chi connectivity index (χ1v) is 17.4. The molecule has 0 unspecified atom stereocenters. The first-order chi connectivity index (χ1) is 24.0. The molecule has 4 amide bonds. The zero-order chi connectivity index (χ0) is 36.1. The van der Waals surface area contributed by atoms with E-state index in [0.717, 1.165) is 11.1 Å². The van der Waals surface area contributed by atoms with E-state index < -0.39 is 47.5 Å². The predicted octanol–water partition coefficient (Wildman–Crippen LogP) is 1.82. The van der Waals surface area contributed by atoms with E-state index in [-0.39, 0.29) is 30.5 Å². The third-order valence-electron chi connectivity index (χ3n) is 8.94. The molecule has 4 rings (SSSR count). The lowest BCUT2D eigenvalue weighted by atomic mass is 9.98. The number of rotatable bonds is 18. The lowest BCUT2D eigenvalue weighted by Crippen LogP contribution is -2.59. The zero-order valence-electron chi connectivity index (χ0n) is 29.5. The summed E-state index contributed by atoms with van der Waals surface area (Å²) in [7, 11) is 0. The summed E-state index contributed by atoms with van der Waals surface area (Å²) in [6.45, 7) is 10.2. The number of nitrogens with one attached hydrogen (secondary N) is 4. The van der Waals surface area contributed by atoms with E-state index in [9.17, 15) is 24.4 Å². The fourth-order valence-corrected chi connectivity index (χ4v) is 6.02. The molecule has 50 heavy (non-hydrogen) atoms. The average Bonchev–Trinajstić information content (AvgIpc) is 3.84. The van der Waals surface area contributed by atoms with Crippen molar-refractivity contribution in [3.63, 3.8) is 0 Å². The predicted molar refractivity (Wildman–Crippen MR) is 189 cm³/mol. The number of carbonyl (C=O) groups excluding carboxylic acids is 4. The summed E-state index contributed by atoms with van der Waals surface area (Å²) in [5, 5.41) is 24.6. The van der Waals surface area contributed by atoms with E-state index in [1.54, 1.807) is 13.8 Å². The van der Waals surface area contributed by atoms with Gasteiger partial charge in [0.25, 0.3) is 0 Å². The number of epoxide rings is 1. The highest BCUT2D eigenvalue weighted by Crippen LogP contribution is 2.29. The van der Waals surface area contributed by atoms with Gasteiger partial charge in [0, 0.05) is 19.5 Å². The molecular formula is C37H52N6O7. The molecular weight excluding hydrogens is 640 g/mol. The molecule has 2 saturated heterocycles. The Kier molecular flexibility index (Phi) is 14.3. The van der Waals surface area contributed by atoms with E-state index in [0.29, 0.717) is 52.2 Å². The number of hydrogen-bond donors (Lipinski definition) is 5. The number of morpholine rings is 1. The van der Waals surface area contributed by atoms with Gasteiger partial charge in [-0.1, -0.05) is 79.7 Å². The Morgan fingerprint density at radius 3 is 1.96 bits per heavy atom. The van der Waals surface area contributed by atoms with Gasteiger partial charge in [-0.05, 0) is 50.2 Å². The van der Waals surface area contributed by atoms with Gasteiger partial charge in [-0.25, -0.2) is 0 Å². The topological polar surface area (TPSA) is 174 Å².